The maximum Gasteiger partial charge on any atom is 0.337 e. The SMILES string of the molecule is COC(=O)CNc1cccc(C#Cc2cccc(C(=O)OC)c2)c1. The zero-order valence-electron chi connectivity index (χ0n) is 13.5. The maximum atomic E-state index is 11.5. The molecular formula is C19H17NO4. The molecule has 2 aromatic carbocycles. The lowest BCUT2D eigenvalue weighted by atomic mass is 10.1. The first-order valence-electron chi connectivity index (χ1n) is 7.23. The molecule has 0 unspecified atom stereocenters. The summed E-state index contributed by atoms with van der Waals surface area (Å²) in [5.74, 6) is 5.30. The monoisotopic (exact) mass is 323 g/mol. The van der Waals surface area contributed by atoms with Crippen molar-refractivity contribution in [2.75, 3.05) is 26.1 Å². The van der Waals surface area contributed by atoms with Crippen LogP contribution in [0.25, 0.3) is 0 Å². The second-order valence-corrected chi connectivity index (χ2v) is 4.83. The summed E-state index contributed by atoms with van der Waals surface area (Å²) in [6, 6.07) is 14.3. The summed E-state index contributed by atoms with van der Waals surface area (Å²) in [5, 5.41) is 2.96. The van der Waals surface area contributed by atoms with Crippen molar-refractivity contribution >= 4 is 17.6 Å². The minimum absolute atomic E-state index is 0.0918. The van der Waals surface area contributed by atoms with Crippen molar-refractivity contribution in [3.05, 3.63) is 65.2 Å². The number of nitrogens with one attached hydrogen (secondary N) is 1. The topological polar surface area (TPSA) is 64.6 Å². The van der Waals surface area contributed by atoms with Gasteiger partial charge in [-0.25, -0.2) is 4.79 Å². The van der Waals surface area contributed by atoms with Crippen LogP contribution in [-0.2, 0) is 14.3 Å². The maximum absolute atomic E-state index is 11.5. The summed E-state index contributed by atoms with van der Waals surface area (Å²) in [7, 11) is 2.68. The Balaban J connectivity index is 2.13. The van der Waals surface area contributed by atoms with E-state index < -0.39 is 5.97 Å². The first-order valence-corrected chi connectivity index (χ1v) is 7.23. The van der Waals surface area contributed by atoms with E-state index in [4.69, 9.17) is 4.74 Å². The van der Waals surface area contributed by atoms with Gasteiger partial charge >= 0.3 is 11.9 Å². The van der Waals surface area contributed by atoms with Crippen LogP contribution in [0.3, 0.4) is 0 Å². The average Bonchev–Trinajstić information content (AvgIpc) is 2.64. The Hall–Kier alpha value is -3.26. The molecule has 1 N–H and O–H groups in total. The van der Waals surface area contributed by atoms with E-state index >= 15 is 0 Å². The lowest BCUT2D eigenvalue weighted by Gasteiger charge is -2.04. The molecule has 0 saturated carbocycles. The minimum Gasteiger partial charge on any atom is -0.468 e. The van der Waals surface area contributed by atoms with Crippen molar-refractivity contribution in [2.24, 2.45) is 0 Å². The Morgan fingerprint density at radius 3 is 2.29 bits per heavy atom. The van der Waals surface area contributed by atoms with Crippen LogP contribution in [0.2, 0.25) is 0 Å². The number of anilines is 1. The number of ether oxygens (including phenoxy) is 2. The highest BCUT2D eigenvalue weighted by atomic mass is 16.5. The number of methoxy groups -OCH3 is 2. The summed E-state index contributed by atoms with van der Waals surface area (Å²) >= 11 is 0. The number of rotatable bonds is 4. The summed E-state index contributed by atoms with van der Waals surface area (Å²) in [5.41, 5.74) is 2.73. The standard InChI is InChI=1S/C19H17NO4/c1-23-18(21)13-20-17-8-4-6-15(12-17)10-9-14-5-3-7-16(11-14)19(22)24-2/h3-8,11-12,20H,13H2,1-2H3. The van der Waals surface area contributed by atoms with Gasteiger partial charge in [-0.2, -0.15) is 0 Å². The molecule has 0 saturated heterocycles. The third-order valence-corrected chi connectivity index (χ3v) is 3.16. The van der Waals surface area contributed by atoms with Gasteiger partial charge in [0.15, 0.2) is 0 Å². The Bertz CT molecular complexity index is 802. The second kappa shape index (κ2) is 8.39. The molecule has 122 valence electrons. The van der Waals surface area contributed by atoms with Crippen LogP contribution in [0, 0.1) is 11.8 Å². The Morgan fingerprint density at radius 2 is 1.62 bits per heavy atom. The van der Waals surface area contributed by atoms with E-state index in [-0.39, 0.29) is 12.5 Å². The van der Waals surface area contributed by atoms with Gasteiger partial charge in [0.2, 0.25) is 0 Å². The molecule has 2 rings (SSSR count). The van der Waals surface area contributed by atoms with Gasteiger partial charge < -0.3 is 14.8 Å². The highest BCUT2D eigenvalue weighted by Gasteiger charge is 2.04. The third-order valence-electron chi connectivity index (χ3n) is 3.16. The molecule has 0 fully saturated rings. The van der Waals surface area contributed by atoms with E-state index in [9.17, 15) is 9.59 Å². The van der Waals surface area contributed by atoms with Gasteiger partial charge in [0.1, 0.15) is 6.54 Å². The first kappa shape index (κ1) is 17.1. The molecule has 0 atom stereocenters. The number of hydrogen-bond donors (Lipinski definition) is 1. The lowest BCUT2D eigenvalue weighted by Crippen LogP contribution is -2.14. The second-order valence-electron chi connectivity index (χ2n) is 4.83. The number of carbonyl (C=O) groups is 2. The number of hydrogen-bond acceptors (Lipinski definition) is 5. The van der Waals surface area contributed by atoms with Crippen LogP contribution in [-0.4, -0.2) is 32.7 Å². The van der Waals surface area contributed by atoms with Crippen molar-refractivity contribution in [1.82, 2.24) is 0 Å². The molecule has 0 aromatic heterocycles. The minimum atomic E-state index is -0.396. The molecule has 24 heavy (non-hydrogen) atoms. The van der Waals surface area contributed by atoms with Gasteiger partial charge in [0.25, 0.3) is 0 Å². The Labute approximate surface area is 140 Å². The van der Waals surface area contributed by atoms with Crippen LogP contribution in [0.4, 0.5) is 5.69 Å². The number of benzene rings is 2. The van der Waals surface area contributed by atoms with Gasteiger partial charge in [-0.3, -0.25) is 4.79 Å². The molecular weight excluding hydrogens is 306 g/mol. The van der Waals surface area contributed by atoms with Crippen molar-refractivity contribution in [2.45, 2.75) is 0 Å². The van der Waals surface area contributed by atoms with Gasteiger partial charge in [-0.1, -0.05) is 24.0 Å². The largest absolute Gasteiger partial charge is 0.468 e. The molecule has 0 aliphatic rings. The lowest BCUT2D eigenvalue weighted by molar-refractivity contribution is -0.138. The van der Waals surface area contributed by atoms with Gasteiger partial charge in [-0.15, -0.1) is 0 Å². The number of carbonyl (C=O) groups excluding carboxylic acids is 2. The van der Waals surface area contributed by atoms with Crippen LogP contribution >= 0.6 is 0 Å². The summed E-state index contributed by atoms with van der Waals surface area (Å²) in [4.78, 5) is 22.7. The van der Waals surface area contributed by atoms with Crippen molar-refractivity contribution in [3.63, 3.8) is 0 Å². The predicted molar refractivity (Wildman–Crippen MR) is 90.7 cm³/mol. The molecule has 2 aromatic rings. The molecule has 0 amide bonds. The van der Waals surface area contributed by atoms with Gasteiger partial charge in [-0.05, 0) is 36.4 Å². The number of esters is 2. The van der Waals surface area contributed by atoms with Crippen LogP contribution in [0.1, 0.15) is 21.5 Å². The van der Waals surface area contributed by atoms with E-state index in [1.807, 2.05) is 30.3 Å². The van der Waals surface area contributed by atoms with Crippen LogP contribution < -0.4 is 5.32 Å². The van der Waals surface area contributed by atoms with Crippen molar-refractivity contribution in [3.8, 4) is 11.8 Å². The molecule has 5 nitrogen and oxygen atoms in total. The van der Waals surface area contributed by atoms with E-state index in [1.165, 1.54) is 14.2 Å². The summed E-state index contributed by atoms with van der Waals surface area (Å²) in [6.45, 7) is 0.0918. The van der Waals surface area contributed by atoms with E-state index in [0.717, 1.165) is 11.3 Å². The van der Waals surface area contributed by atoms with E-state index in [1.54, 1.807) is 18.2 Å². The van der Waals surface area contributed by atoms with E-state index in [0.29, 0.717) is 11.1 Å². The van der Waals surface area contributed by atoms with E-state index in [2.05, 4.69) is 21.9 Å². The molecule has 5 heteroatoms. The predicted octanol–water partition coefficient (Wildman–Crippen LogP) is 2.46. The van der Waals surface area contributed by atoms with Crippen LogP contribution in [0.5, 0.6) is 0 Å². The molecule has 0 radical (unpaired) electrons. The average molecular weight is 323 g/mol. The van der Waals surface area contributed by atoms with Gasteiger partial charge in [0, 0.05) is 16.8 Å². The van der Waals surface area contributed by atoms with Gasteiger partial charge in [0.05, 0.1) is 19.8 Å². The normalized spacial score (nSPS) is 9.42. The zero-order valence-corrected chi connectivity index (χ0v) is 13.5. The molecule has 0 aliphatic carbocycles. The van der Waals surface area contributed by atoms with Crippen molar-refractivity contribution in [1.29, 1.82) is 0 Å². The highest BCUT2D eigenvalue weighted by molar-refractivity contribution is 5.89. The summed E-state index contributed by atoms with van der Waals surface area (Å²) < 4.78 is 9.27. The molecule has 0 heterocycles. The van der Waals surface area contributed by atoms with Crippen LogP contribution in [0.15, 0.2) is 48.5 Å². The fraction of sp³-hybridized carbons (Fsp3) is 0.158. The molecule has 0 aliphatic heterocycles. The zero-order chi connectivity index (χ0) is 17.4. The fourth-order valence-corrected chi connectivity index (χ4v) is 1.94. The quantitative estimate of drug-likeness (QED) is 0.692. The Morgan fingerprint density at radius 1 is 0.958 bits per heavy atom. The first-order chi connectivity index (χ1) is 11.6. The highest BCUT2D eigenvalue weighted by Crippen LogP contribution is 2.10. The third kappa shape index (κ3) is 4.89. The summed E-state index contributed by atoms with van der Waals surface area (Å²) in [6.07, 6.45) is 0. The smallest absolute Gasteiger partial charge is 0.337 e. The molecule has 0 bridgehead atoms. The molecule has 0 spiro atoms. The van der Waals surface area contributed by atoms with Crippen molar-refractivity contribution < 1.29 is 19.1 Å². The Kier molecular flexibility index (Phi) is 5.98. The fourth-order valence-electron chi connectivity index (χ4n) is 1.94.